The Kier molecular flexibility index (Phi) is 2.10. The molecular weight excluding hydrogens is 130 g/mol. The number of hydrogen-bond donors (Lipinski definition) is 1. The first-order valence-electron chi connectivity index (χ1n) is 3.00. The number of rotatable bonds is 2. The highest BCUT2D eigenvalue weighted by molar-refractivity contribution is 5.74. The minimum absolute atomic E-state index is 0.559. The fourth-order valence-corrected chi connectivity index (χ4v) is 0.711. The van der Waals surface area contributed by atoms with Crippen LogP contribution in [0.4, 0.5) is 0 Å². The van der Waals surface area contributed by atoms with E-state index in [1.165, 1.54) is 0 Å². The molecule has 1 heterocycles. The van der Waals surface area contributed by atoms with Crippen molar-refractivity contribution in [1.82, 2.24) is 5.32 Å². The molecule has 0 aromatic heterocycles. The van der Waals surface area contributed by atoms with E-state index in [4.69, 9.17) is 4.74 Å². The normalized spacial score (nSPS) is 16.5. The van der Waals surface area contributed by atoms with Crippen LogP contribution in [0.15, 0.2) is 23.6 Å². The van der Waals surface area contributed by atoms with E-state index in [1.54, 1.807) is 19.3 Å². The van der Waals surface area contributed by atoms with E-state index < -0.39 is 0 Å². The van der Waals surface area contributed by atoms with Gasteiger partial charge in [0.2, 0.25) is 0 Å². The van der Waals surface area contributed by atoms with Gasteiger partial charge in [0.25, 0.3) is 0 Å². The van der Waals surface area contributed by atoms with Crippen molar-refractivity contribution in [2.75, 3.05) is 13.7 Å². The van der Waals surface area contributed by atoms with Gasteiger partial charge in [-0.1, -0.05) is 0 Å². The van der Waals surface area contributed by atoms with Gasteiger partial charge in [0.15, 0.2) is 5.88 Å². The van der Waals surface area contributed by atoms with E-state index in [-0.39, 0.29) is 0 Å². The third-order valence-corrected chi connectivity index (χ3v) is 1.29. The maximum atomic E-state index is 10.2. The van der Waals surface area contributed by atoms with E-state index in [2.05, 4.69) is 5.32 Å². The van der Waals surface area contributed by atoms with Gasteiger partial charge in [-0.2, -0.15) is 0 Å². The molecule has 1 N–H and O–H groups in total. The Hall–Kier alpha value is -1.25. The van der Waals surface area contributed by atoms with Crippen molar-refractivity contribution in [2.24, 2.45) is 0 Å². The lowest BCUT2D eigenvalue weighted by molar-refractivity contribution is -0.105. The second kappa shape index (κ2) is 3.06. The lowest BCUT2D eigenvalue weighted by atomic mass is 10.2. The number of ether oxygens (including phenoxy) is 1. The van der Waals surface area contributed by atoms with E-state index in [0.29, 0.717) is 12.4 Å². The average molecular weight is 139 g/mol. The second-order valence-corrected chi connectivity index (χ2v) is 1.95. The predicted octanol–water partition coefficient (Wildman–Crippen LogP) is 0.203. The van der Waals surface area contributed by atoms with Crippen LogP contribution in [0, 0.1) is 0 Å². The number of allylic oxidation sites excluding steroid dienone is 2. The predicted molar refractivity (Wildman–Crippen MR) is 37.2 cm³/mol. The molecule has 0 spiro atoms. The fourth-order valence-electron chi connectivity index (χ4n) is 0.711. The lowest BCUT2D eigenvalue weighted by Gasteiger charge is -2.11. The molecule has 0 radical (unpaired) electrons. The fraction of sp³-hybridized carbons (Fsp3) is 0.286. The summed E-state index contributed by atoms with van der Waals surface area (Å²) in [5.74, 6) is 0.700. The molecule has 0 unspecified atom stereocenters. The Morgan fingerprint density at radius 3 is 2.90 bits per heavy atom. The Bertz CT molecular complexity index is 194. The first kappa shape index (κ1) is 6.86. The number of carbonyl (C=O) groups is 1. The summed E-state index contributed by atoms with van der Waals surface area (Å²) in [5.41, 5.74) is 0.737. The van der Waals surface area contributed by atoms with Crippen molar-refractivity contribution in [3.05, 3.63) is 23.6 Å². The molecule has 54 valence electrons. The summed E-state index contributed by atoms with van der Waals surface area (Å²) >= 11 is 0. The lowest BCUT2D eigenvalue weighted by Crippen LogP contribution is -2.20. The monoisotopic (exact) mass is 139 g/mol. The van der Waals surface area contributed by atoms with Crippen molar-refractivity contribution in [3.8, 4) is 0 Å². The molecule has 1 aliphatic rings. The summed E-state index contributed by atoms with van der Waals surface area (Å²) < 4.78 is 4.87. The molecule has 0 saturated heterocycles. The van der Waals surface area contributed by atoms with Gasteiger partial charge < -0.3 is 10.1 Å². The number of hydrogen-bond acceptors (Lipinski definition) is 3. The number of dihydropyridines is 1. The molecule has 1 aliphatic heterocycles. The van der Waals surface area contributed by atoms with E-state index in [9.17, 15) is 4.79 Å². The van der Waals surface area contributed by atoms with Crippen LogP contribution in [0.5, 0.6) is 0 Å². The van der Waals surface area contributed by atoms with E-state index >= 15 is 0 Å². The number of methoxy groups -OCH3 is 1. The van der Waals surface area contributed by atoms with Gasteiger partial charge >= 0.3 is 0 Å². The van der Waals surface area contributed by atoms with Crippen molar-refractivity contribution in [1.29, 1.82) is 0 Å². The smallest absolute Gasteiger partial charge is 0.186 e. The summed E-state index contributed by atoms with van der Waals surface area (Å²) in [7, 11) is 1.58. The topological polar surface area (TPSA) is 38.3 Å². The molecule has 0 aromatic carbocycles. The molecule has 1 rings (SSSR count). The Morgan fingerprint density at radius 1 is 1.70 bits per heavy atom. The molecule has 0 fully saturated rings. The van der Waals surface area contributed by atoms with Crippen LogP contribution >= 0.6 is 0 Å². The van der Waals surface area contributed by atoms with Crippen molar-refractivity contribution >= 4 is 6.29 Å². The maximum absolute atomic E-state index is 10.2. The van der Waals surface area contributed by atoms with Crippen molar-refractivity contribution < 1.29 is 9.53 Å². The van der Waals surface area contributed by atoms with Crippen LogP contribution in [-0.4, -0.2) is 19.9 Å². The third-order valence-electron chi connectivity index (χ3n) is 1.29. The summed E-state index contributed by atoms with van der Waals surface area (Å²) in [4.78, 5) is 10.2. The van der Waals surface area contributed by atoms with Crippen LogP contribution < -0.4 is 5.32 Å². The highest BCUT2D eigenvalue weighted by Gasteiger charge is 2.01. The highest BCUT2D eigenvalue weighted by atomic mass is 16.5. The van der Waals surface area contributed by atoms with Gasteiger partial charge in [-0.05, 0) is 12.2 Å². The molecule has 3 heteroatoms. The van der Waals surface area contributed by atoms with Gasteiger partial charge in [0.1, 0.15) is 6.29 Å². The van der Waals surface area contributed by atoms with Gasteiger partial charge in [-0.15, -0.1) is 0 Å². The number of aldehydes is 1. The molecule has 0 aromatic rings. The first-order chi connectivity index (χ1) is 4.86. The van der Waals surface area contributed by atoms with Gasteiger partial charge in [0, 0.05) is 12.1 Å². The molecule has 0 saturated carbocycles. The number of carbonyl (C=O) groups excluding carboxylic acids is 1. The van der Waals surface area contributed by atoms with Crippen molar-refractivity contribution in [2.45, 2.75) is 0 Å². The third kappa shape index (κ3) is 1.37. The van der Waals surface area contributed by atoms with E-state index in [1.807, 2.05) is 0 Å². The summed E-state index contributed by atoms with van der Waals surface area (Å²) in [6.07, 6.45) is 4.30. The standard InChI is InChI=1S/C7H9NO2/c1-10-7-3-2-6(5-9)4-8-7/h2-3,5,8H,4H2,1H3. The van der Waals surface area contributed by atoms with Gasteiger partial charge in [-0.3, -0.25) is 4.79 Å². The van der Waals surface area contributed by atoms with Crippen LogP contribution in [0.3, 0.4) is 0 Å². The summed E-state index contributed by atoms with van der Waals surface area (Å²) in [6.45, 7) is 0.559. The van der Waals surface area contributed by atoms with Gasteiger partial charge in [-0.25, -0.2) is 0 Å². The van der Waals surface area contributed by atoms with Crippen LogP contribution in [0.1, 0.15) is 0 Å². The largest absolute Gasteiger partial charge is 0.483 e. The highest BCUT2D eigenvalue weighted by Crippen LogP contribution is 2.00. The first-order valence-corrected chi connectivity index (χ1v) is 3.00. The second-order valence-electron chi connectivity index (χ2n) is 1.95. The molecule has 0 bridgehead atoms. The zero-order chi connectivity index (χ0) is 7.40. The van der Waals surface area contributed by atoms with Gasteiger partial charge in [0.05, 0.1) is 7.11 Å². The van der Waals surface area contributed by atoms with Crippen LogP contribution in [0.25, 0.3) is 0 Å². The Labute approximate surface area is 59.4 Å². The quantitative estimate of drug-likeness (QED) is 0.555. The molecular formula is C7H9NO2. The van der Waals surface area contributed by atoms with E-state index in [0.717, 1.165) is 11.9 Å². The number of nitrogens with one attached hydrogen (secondary N) is 1. The van der Waals surface area contributed by atoms with Crippen molar-refractivity contribution in [3.63, 3.8) is 0 Å². The molecule has 0 aliphatic carbocycles. The Balaban J connectivity index is 2.64. The van der Waals surface area contributed by atoms with Crippen LogP contribution in [0.2, 0.25) is 0 Å². The minimum atomic E-state index is 0.559. The molecule has 3 nitrogen and oxygen atoms in total. The Morgan fingerprint density at radius 2 is 2.50 bits per heavy atom. The average Bonchev–Trinajstić information content (AvgIpc) is 2.05. The zero-order valence-electron chi connectivity index (χ0n) is 5.76. The maximum Gasteiger partial charge on any atom is 0.186 e. The van der Waals surface area contributed by atoms with Crippen LogP contribution in [-0.2, 0) is 9.53 Å². The summed E-state index contributed by atoms with van der Waals surface area (Å²) in [5, 5.41) is 2.91. The minimum Gasteiger partial charge on any atom is -0.483 e. The SMILES string of the molecule is COC1=CC=C(C=O)CN1. The molecule has 10 heavy (non-hydrogen) atoms. The zero-order valence-corrected chi connectivity index (χ0v) is 5.76. The summed E-state index contributed by atoms with van der Waals surface area (Å²) in [6, 6.07) is 0. The molecule has 0 amide bonds. The molecule has 0 atom stereocenters.